The smallest absolute Gasteiger partial charge is 0.214 e. The van der Waals surface area contributed by atoms with Crippen molar-refractivity contribution in [1.82, 2.24) is 0 Å². The average molecular weight is 249 g/mol. The molecule has 0 spiro atoms. The Kier molecular flexibility index (Phi) is 4.20. The molecule has 0 fully saturated rings. The predicted molar refractivity (Wildman–Crippen MR) is 70.0 cm³/mol. The number of nitrogens with zero attached hydrogens (tertiary/aromatic N) is 1. The van der Waals surface area contributed by atoms with E-state index in [1.165, 1.54) is 5.56 Å². The van der Waals surface area contributed by atoms with Crippen molar-refractivity contribution in [1.29, 1.82) is 0 Å². The molecule has 0 atom stereocenters. The normalized spacial score (nSPS) is 14.1. The van der Waals surface area contributed by atoms with Crippen molar-refractivity contribution in [3.05, 3.63) is 23.3 Å². The fraction of sp³-hybridized carbons (Fsp3) is 0.500. The molecule has 0 bridgehead atoms. The summed E-state index contributed by atoms with van der Waals surface area (Å²) in [6, 6.07) is 3.69. The van der Waals surface area contributed by atoms with Crippen LogP contribution in [0.5, 0.6) is 5.75 Å². The molecule has 0 aliphatic heterocycles. The highest BCUT2D eigenvalue weighted by Gasteiger charge is 2.16. The van der Waals surface area contributed by atoms with E-state index < -0.39 is 0 Å². The summed E-state index contributed by atoms with van der Waals surface area (Å²) in [5.41, 5.74) is 2.96. The number of phenols is 1. The first-order valence-corrected chi connectivity index (χ1v) is 6.32. The molecule has 0 heterocycles. The van der Waals surface area contributed by atoms with Gasteiger partial charge in [-0.3, -0.25) is 4.79 Å². The van der Waals surface area contributed by atoms with Crippen molar-refractivity contribution >= 4 is 12.1 Å². The third-order valence-electron chi connectivity index (χ3n) is 3.42. The van der Waals surface area contributed by atoms with E-state index in [0.717, 1.165) is 43.3 Å². The van der Waals surface area contributed by atoms with Crippen LogP contribution >= 0.6 is 0 Å². The molecule has 0 radical (unpaired) electrons. The molecule has 0 aromatic heterocycles. The molecule has 98 valence electrons. The first kappa shape index (κ1) is 12.9. The SMILES string of the molecule is COCCN(C=O)c1cc(O)c2c(c1)CCCC2. The monoisotopic (exact) mass is 249 g/mol. The molecule has 1 aliphatic rings. The molecule has 1 aromatic carbocycles. The van der Waals surface area contributed by atoms with Crippen LogP contribution in [0.3, 0.4) is 0 Å². The highest BCUT2D eigenvalue weighted by atomic mass is 16.5. The van der Waals surface area contributed by atoms with Crippen molar-refractivity contribution < 1.29 is 14.6 Å². The lowest BCUT2D eigenvalue weighted by Gasteiger charge is -2.22. The van der Waals surface area contributed by atoms with Crippen LogP contribution in [-0.2, 0) is 22.4 Å². The topological polar surface area (TPSA) is 49.8 Å². The lowest BCUT2D eigenvalue weighted by Crippen LogP contribution is -2.25. The zero-order valence-electron chi connectivity index (χ0n) is 10.7. The van der Waals surface area contributed by atoms with Gasteiger partial charge in [0.1, 0.15) is 5.75 Å². The van der Waals surface area contributed by atoms with Gasteiger partial charge in [-0.15, -0.1) is 0 Å². The van der Waals surface area contributed by atoms with E-state index in [1.54, 1.807) is 18.1 Å². The third kappa shape index (κ3) is 2.64. The quantitative estimate of drug-likeness (QED) is 0.811. The fourth-order valence-electron chi connectivity index (χ4n) is 2.43. The molecule has 1 N–H and O–H groups in total. The largest absolute Gasteiger partial charge is 0.508 e. The molecule has 0 unspecified atom stereocenters. The number of rotatable bonds is 5. The lowest BCUT2D eigenvalue weighted by molar-refractivity contribution is -0.107. The van der Waals surface area contributed by atoms with Gasteiger partial charge in [0.05, 0.1) is 6.61 Å². The molecule has 0 saturated heterocycles. The van der Waals surface area contributed by atoms with Crippen molar-refractivity contribution in [3.63, 3.8) is 0 Å². The van der Waals surface area contributed by atoms with Crippen molar-refractivity contribution in [2.45, 2.75) is 25.7 Å². The van der Waals surface area contributed by atoms with Crippen molar-refractivity contribution in [2.24, 2.45) is 0 Å². The Labute approximate surface area is 107 Å². The van der Waals surface area contributed by atoms with Crippen LogP contribution in [-0.4, -0.2) is 31.8 Å². The van der Waals surface area contributed by atoms with E-state index in [4.69, 9.17) is 4.74 Å². The van der Waals surface area contributed by atoms with Gasteiger partial charge >= 0.3 is 0 Å². The fourth-order valence-corrected chi connectivity index (χ4v) is 2.43. The van der Waals surface area contributed by atoms with Crippen molar-refractivity contribution in [3.8, 4) is 5.75 Å². The van der Waals surface area contributed by atoms with E-state index in [1.807, 2.05) is 6.07 Å². The Morgan fingerprint density at radius 1 is 1.39 bits per heavy atom. The van der Waals surface area contributed by atoms with E-state index >= 15 is 0 Å². The number of aryl methyl sites for hydroxylation is 1. The number of fused-ring (bicyclic) bond motifs is 1. The van der Waals surface area contributed by atoms with Crippen molar-refractivity contribution in [2.75, 3.05) is 25.2 Å². The standard InChI is InChI=1S/C14H19NO3/c1-18-7-6-15(10-16)12-8-11-4-2-3-5-13(11)14(17)9-12/h8-10,17H,2-7H2,1H3. The van der Waals surface area contributed by atoms with Crippen LogP contribution in [0.25, 0.3) is 0 Å². The molecular formula is C14H19NO3. The number of hydrogen-bond donors (Lipinski definition) is 1. The van der Waals surface area contributed by atoms with Gasteiger partial charge in [0.25, 0.3) is 0 Å². The van der Waals surface area contributed by atoms with E-state index in [2.05, 4.69) is 0 Å². The van der Waals surface area contributed by atoms with E-state index in [-0.39, 0.29) is 0 Å². The van der Waals surface area contributed by atoms with Gasteiger partial charge in [0.15, 0.2) is 0 Å². The minimum atomic E-state index is 0.312. The number of hydrogen-bond acceptors (Lipinski definition) is 3. The zero-order chi connectivity index (χ0) is 13.0. The second kappa shape index (κ2) is 5.87. The second-order valence-corrected chi connectivity index (χ2v) is 4.60. The third-order valence-corrected chi connectivity index (χ3v) is 3.42. The highest BCUT2D eigenvalue weighted by molar-refractivity contribution is 5.76. The number of ether oxygens (including phenoxy) is 1. The molecule has 1 aromatic rings. The minimum absolute atomic E-state index is 0.312. The summed E-state index contributed by atoms with van der Waals surface area (Å²) < 4.78 is 4.98. The number of amides is 1. The second-order valence-electron chi connectivity index (χ2n) is 4.60. The number of methoxy groups -OCH3 is 1. The summed E-state index contributed by atoms with van der Waals surface area (Å²) in [5.74, 6) is 0.312. The first-order chi connectivity index (χ1) is 8.76. The number of aromatic hydroxyl groups is 1. The maximum absolute atomic E-state index is 11.1. The Hall–Kier alpha value is -1.55. The molecular weight excluding hydrogens is 230 g/mol. The van der Waals surface area contributed by atoms with Crippen LogP contribution in [0.15, 0.2) is 12.1 Å². The summed E-state index contributed by atoms with van der Waals surface area (Å²) in [6.45, 7) is 0.981. The van der Waals surface area contributed by atoms with Crippen LogP contribution in [0, 0.1) is 0 Å². The van der Waals surface area contributed by atoms with E-state index in [9.17, 15) is 9.90 Å². The van der Waals surface area contributed by atoms with Crippen LogP contribution in [0.4, 0.5) is 5.69 Å². The molecule has 4 nitrogen and oxygen atoms in total. The summed E-state index contributed by atoms with van der Waals surface area (Å²) in [7, 11) is 1.60. The maximum Gasteiger partial charge on any atom is 0.214 e. The Morgan fingerprint density at radius 2 is 2.17 bits per heavy atom. The summed E-state index contributed by atoms with van der Waals surface area (Å²) in [5, 5.41) is 10.0. The van der Waals surface area contributed by atoms with Gasteiger partial charge in [0, 0.05) is 25.4 Å². The molecule has 1 amide bonds. The first-order valence-electron chi connectivity index (χ1n) is 6.32. The molecule has 0 saturated carbocycles. The summed E-state index contributed by atoms with van der Waals surface area (Å²) in [4.78, 5) is 12.6. The molecule has 1 aliphatic carbocycles. The number of benzene rings is 1. The minimum Gasteiger partial charge on any atom is -0.508 e. The lowest BCUT2D eigenvalue weighted by atomic mass is 9.90. The highest BCUT2D eigenvalue weighted by Crippen LogP contribution is 2.33. The molecule has 18 heavy (non-hydrogen) atoms. The van der Waals surface area contributed by atoms with Gasteiger partial charge in [-0.1, -0.05) is 0 Å². The Morgan fingerprint density at radius 3 is 2.89 bits per heavy atom. The van der Waals surface area contributed by atoms with E-state index in [0.29, 0.717) is 18.9 Å². The predicted octanol–water partition coefficient (Wildman–Crippen LogP) is 1.88. The number of phenolic OH excluding ortho intramolecular Hbond substituents is 1. The van der Waals surface area contributed by atoms with Crippen LogP contribution < -0.4 is 4.90 Å². The van der Waals surface area contributed by atoms with Crippen LogP contribution in [0.1, 0.15) is 24.0 Å². The summed E-state index contributed by atoms with van der Waals surface area (Å²) >= 11 is 0. The average Bonchev–Trinajstić information content (AvgIpc) is 2.40. The van der Waals surface area contributed by atoms with Gasteiger partial charge in [0.2, 0.25) is 6.41 Å². The zero-order valence-corrected chi connectivity index (χ0v) is 10.7. The van der Waals surface area contributed by atoms with Gasteiger partial charge in [-0.25, -0.2) is 0 Å². The van der Waals surface area contributed by atoms with Gasteiger partial charge in [-0.2, -0.15) is 0 Å². The number of carbonyl (C=O) groups excluding carboxylic acids is 1. The summed E-state index contributed by atoms with van der Waals surface area (Å²) in [6.07, 6.45) is 4.97. The molecule has 4 heteroatoms. The van der Waals surface area contributed by atoms with Gasteiger partial charge in [-0.05, 0) is 42.9 Å². The Balaban J connectivity index is 2.27. The van der Waals surface area contributed by atoms with Gasteiger partial charge < -0.3 is 14.7 Å². The number of anilines is 1. The number of carbonyl (C=O) groups is 1. The Bertz CT molecular complexity index is 431. The molecule has 2 rings (SSSR count). The maximum atomic E-state index is 11.1. The van der Waals surface area contributed by atoms with Crippen LogP contribution in [0.2, 0.25) is 0 Å².